The molecule has 0 aliphatic carbocycles. The van der Waals surface area contributed by atoms with E-state index in [1.807, 2.05) is 37.3 Å². The number of hydrogen-bond donors (Lipinski definition) is 2. The predicted molar refractivity (Wildman–Crippen MR) is 67.0 cm³/mol. The molecule has 16 heavy (non-hydrogen) atoms. The normalized spacial score (nSPS) is 11.0. The SMILES string of the molecule is C/C=C(\N)c1cccc(Br)c1.NCC(F)F. The Bertz CT molecular complexity index is 341. The minimum atomic E-state index is -2.34. The molecule has 0 heterocycles. The van der Waals surface area contributed by atoms with Gasteiger partial charge < -0.3 is 11.5 Å². The quantitative estimate of drug-likeness (QED) is 0.880. The summed E-state index contributed by atoms with van der Waals surface area (Å²) in [7, 11) is 0. The number of halogens is 3. The maximum absolute atomic E-state index is 10.6. The van der Waals surface area contributed by atoms with Gasteiger partial charge >= 0.3 is 0 Å². The molecule has 0 aromatic heterocycles. The maximum Gasteiger partial charge on any atom is 0.250 e. The Kier molecular flexibility index (Phi) is 7.76. The molecule has 0 spiro atoms. The zero-order valence-electron chi connectivity index (χ0n) is 8.96. The first-order valence-corrected chi connectivity index (χ1v) is 5.46. The van der Waals surface area contributed by atoms with Crippen molar-refractivity contribution in [3.63, 3.8) is 0 Å². The van der Waals surface area contributed by atoms with Crippen LogP contribution in [0.4, 0.5) is 8.78 Å². The van der Waals surface area contributed by atoms with Crippen molar-refractivity contribution in [1.82, 2.24) is 0 Å². The largest absolute Gasteiger partial charge is 0.399 e. The molecule has 0 aliphatic heterocycles. The molecule has 0 saturated heterocycles. The second-order valence-corrected chi connectivity index (χ2v) is 3.80. The third kappa shape index (κ3) is 6.53. The van der Waals surface area contributed by atoms with Crippen molar-refractivity contribution in [2.75, 3.05) is 6.54 Å². The van der Waals surface area contributed by atoms with E-state index >= 15 is 0 Å². The number of benzene rings is 1. The van der Waals surface area contributed by atoms with Gasteiger partial charge in [0.05, 0.1) is 6.54 Å². The van der Waals surface area contributed by atoms with Gasteiger partial charge in [0.25, 0.3) is 6.43 Å². The first kappa shape index (κ1) is 15.1. The van der Waals surface area contributed by atoms with E-state index in [0.29, 0.717) is 0 Å². The van der Waals surface area contributed by atoms with Gasteiger partial charge in [-0.25, -0.2) is 8.78 Å². The molecule has 1 aromatic rings. The van der Waals surface area contributed by atoms with Gasteiger partial charge in [-0.3, -0.25) is 0 Å². The predicted octanol–water partition coefficient (Wildman–Crippen LogP) is 2.98. The van der Waals surface area contributed by atoms with Crippen molar-refractivity contribution in [1.29, 1.82) is 0 Å². The average molecular weight is 293 g/mol. The van der Waals surface area contributed by atoms with Crippen LogP contribution in [0.1, 0.15) is 12.5 Å². The van der Waals surface area contributed by atoms with Crippen molar-refractivity contribution in [2.45, 2.75) is 13.3 Å². The zero-order valence-corrected chi connectivity index (χ0v) is 10.5. The van der Waals surface area contributed by atoms with E-state index in [-0.39, 0.29) is 0 Å². The minimum absolute atomic E-state index is 0.528. The molecule has 1 aromatic carbocycles. The third-order valence-corrected chi connectivity index (χ3v) is 2.14. The highest BCUT2D eigenvalue weighted by atomic mass is 79.9. The van der Waals surface area contributed by atoms with Crippen LogP contribution in [-0.4, -0.2) is 13.0 Å². The first-order chi connectivity index (χ1) is 7.51. The van der Waals surface area contributed by atoms with Crippen LogP contribution in [0.15, 0.2) is 34.8 Å². The molecule has 2 nitrogen and oxygen atoms in total. The Labute approximate surface area is 102 Å². The van der Waals surface area contributed by atoms with E-state index in [2.05, 4.69) is 21.7 Å². The van der Waals surface area contributed by atoms with E-state index < -0.39 is 13.0 Å². The van der Waals surface area contributed by atoms with Crippen molar-refractivity contribution >= 4 is 21.6 Å². The van der Waals surface area contributed by atoms with Gasteiger partial charge in [0.15, 0.2) is 0 Å². The Morgan fingerprint density at radius 3 is 2.44 bits per heavy atom. The molecular formula is C11H15BrF2N2. The van der Waals surface area contributed by atoms with Gasteiger partial charge in [-0.15, -0.1) is 0 Å². The van der Waals surface area contributed by atoms with Crippen molar-refractivity contribution < 1.29 is 8.78 Å². The van der Waals surface area contributed by atoms with Crippen LogP contribution in [0.25, 0.3) is 5.70 Å². The van der Waals surface area contributed by atoms with Gasteiger partial charge in [0, 0.05) is 10.2 Å². The van der Waals surface area contributed by atoms with Crippen molar-refractivity contribution in [3.05, 3.63) is 40.4 Å². The smallest absolute Gasteiger partial charge is 0.250 e. The van der Waals surface area contributed by atoms with Crippen LogP contribution < -0.4 is 11.5 Å². The average Bonchev–Trinajstić information content (AvgIpc) is 2.28. The van der Waals surface area contributed by atoms with Crippen LogP contribution in [0, 0.1) is 0 Å². The van der Waals surface area contributed by atoms with Gasteiger partial charge in [-0.1, -0.05) is 34.1 Å². The Balaban J connectivity index is 0.000000385. The molecule has 0 amide bonds. The molecule has 0 fully saturated rings. The fourth-order valence-electron chi connectivity index (χ4n) is 0.835. The maximum atomic E-state index is 10.6. The van der Waals surface area contributed by atoms with Crippen molar-refractivity contribution in [2.24, 2.45) is 11.5 Å². The van der Waals surface area contributed by atoms with E-state index in [0.717, 1.165) is 15.7 Å². The molecule has 0 aliphatic rings. The summed E-state index contributed by atoms with van der Waals surface area (Å²) < 4.78 is 22.3. The van der Waals surface area contributed by atoms with Crippen molar-refractivity contribution in [3.8, 4) is 0 Å². The summed E-state index contributed by atoms with van der Waals surface area (Å²) in [4.78, 5) is 0. The number of rotatable bonds is 2. The summed E-state index contributed by atoms with van der Waals surface area (Å²) in [6.07, 6.45) is -0.447. The van der Waals surface area contributed by atoms with Gasteiger partial charge in [-0.2, -0.15) is 0 Å². The molecule has 0 atom stereocenters. The summed E-state index contributed by atoms with van der Waals surface area (Å²) in [6, 6.07) is 7.93. The van der Waals surface area contributed by atoms with Crippen LogP contribution in [0.3, 0.4) is 0 Å². The molecule has 90 valence electrons. The third-order valence-electron chi connectivity index (χ3n) is 1.65. The number of hydrogen-bond acceptors (Lipinski definition) is 2. The van der Waals surface area contributed by atoms with Gasteiger partial charge in [0.2, 0.25) is 0 Å². The standard InChI is InChI=1S/C9H10BrN.C2H5F2N/c1-2-9(11)7-4-3-5-8(10)6-7;3-2(4)1-5/h2-6H,11H2,1H3;2H,1,5H2/b9-2-;. The van der Waals surface area contributed by atoms with E-state index in [1.165, 1.54) is 0 Å². The lowest BCUT2D eigenvalue weighted by atomic mass is 10.2. The molecule has 0 radical (unpaired) electrons. The first-order valence-electron chi connectivity index (χ1n) is 4.67. The summed E-state index contributed by atoms with van der Waals surface area (Å²) in [5.74, 6) is 0. The van der Waals surface area contributed by atoms with E-state index in [9.17, 15) is 8.78 Å². The summed E-state index contributed by atoms with van der Waals surface area (Å²) in [6.45, 7) is 1.40. The number of nitrogens with two attached hydrogens (primary N) is 2. The highest BCUT2D eigenvalue weighted by Gasteiger charge is 1.94. The van der Waals surface area contributed by atoms with Crippen LogP contribution in [0.5, 0.6) is 0 Å². The highest BCUT2D eigenvalue weighted by molar-refractivity contribution is 9.10. The van der Waals surface area contributed by atoms with Crippen LogP contribution in [0.2, 0.25) is 0 Å². The molecule has 0 bridgehead atoms. The summed E-state index contributed by atoms with van der Waals surface area (Å²) in [5.41, 5.74) is 12.0. The number of alkyl halides is 2. The van der Waals surface area contributed by atoms with Crippen LogP contribution >= 0.6 is 15.9 Å². The topological polar surface area (TPSA) is 52.0 Å². The lowest BCUT2D eigenvalue weighted by Crippen LogP contribution is -2.08. The van der Waals surface area contributed by atoms with Gasteiger partial charge in [-0.05, 0) is 24.6 Å². The molecule has 4 N–H and O–H groups in total. The fourth-order valence-corrected chi connectivity index (χ4v) is 1.23. The second kappa shape index (κ2) is 8.24. The minimum Gasteiger partial charge on any atom is -0.399 e. The molecule has 0 unspecified atom stereocenters. The summed E-state index contributed by atoms with van der Waals surface area (Å²) >= 11 is 3.38. The zero-order chi connectivity index (χ0) is 12.6. The molecule has 1 rings (SSSR count). The second-order valence-electron chi connectivity index (χ2n) is 2.88. The Morgan fingerprint density at radius 2 is 2.06 bits per heavy atom. The van der Waals surface area contributed by atoms with Crippen LogP contribution in [-0.2, 0) is 0 Å². The monoisotopic (exact) mass is 292 g/mol. The fraction of sp³-hybridized carbons (Fsp3) is 0.273. The van der Waals surface area contributed by atoms with Gasteiger partial charge in [0.1, 0.15) is 0 Å². The summed E-state index contributed by atoms with van der Waals surface area (Å²) in [5, 5.41) is 0. The lowest BCUT2D eigenvalue weighted by Gasteiger charge is -1.99. The van der Waals surface area contributed by atoms with E-state index in [4.69, 9.17) is 5.73 Å². The molecule has 0 saturated carbocycles. The Hall–Kier alpha value is -0.940. The number of allylic oxidation sites excluding steroid dienone is 1. The Morgan fingerprint density at radius 1 is 1.50 bits per heavy atom. The molecular weight excluding hydrogens is 278 g/mol. The lowest BCUT2D eigenvalue weighted by molar-refractivity contribution is 0.158. The van der Waals surface area contributed by atoms with E-state index in [1.54, 1.807) is 0 Å². The molecule has 5 heteroatoms. The highest BCUT2D eigenvalue weighted by Crippen LogP contribution is 2.15.